The summed E-state index contributed by atoms with van der Waals surface area (Å²) >= 11 is 0. The molecule has 5 heteroatoms. The van der Waals surface area contributed by atoms with Gasteiger partial charge in [-0.3, -0.25) is 4.79 Å². The summed E-state index contributed by atoms with van der Waals surface area (Å²) < 4.78 is 4.81. The van der Waals surface area contributed by atoms with Crippen LogP contribution >= 0.6 is 0 Å². The molecular weight excluding hydrogens is 282 g/mol. The number of ether oxygens (including phenoxy) is 1. The second kappa shape index (κ2) is 6.47. The fourth-order valence-corrected chi connectivity index (χ4v) is 2.46. The van der Waals surface area contributed by atoms with Gasteiger partial charge in [0.05, 0.1) is 18.3 Å². The van der Waals surface area contributed by atoms with Gasteiger partial charge >= 0.3 is 5.97 Å². The number of allylic oxidation sites excluding steroid dienone is 1. The van der Waals surface area contributed by atoms with Crippen molar-refractivity contribution in [1.29, 1.82) is 0 Å². The highest BCUT2D eigenvalue weighted by atomic mass is 16.5. The van der Waals surface area contributed by atoms with Crippen LogP contribution in [0.4, 0.5) is 0 Å². The van der Waals surface area contributed by atoms with E-state index in [1.165, 1.54) is 19.2 Å². The fourth-order valence-electron chi connectivity index (χ4n) is 2.46. The van der Waals surface area contributed by atoms with E-state index in [1.807, 2.05) is 6.92 Å². The molecule has 0 radical (unpaired) electrons. The van der Waals surface area contributed by atoms with E-state index in [1.54, 1.807) is 30.0 Å². The van der Waals surface area contributed by atoms with Gasteiger partial charge in [0.15, 0.2) is 0 Å². The minimum atomic E-state index is -0.519. The molecule has 0 aliphatic carbocycles. The number of methoxy groups -OCH3 is 1. The zero-order chi connectivity index (χ0) is 16.3. The lowest BCUT2D eigenvalue weighted by Gasteiger charge is -2.16. The molecule has 0 spiro atoms. The summed E-state index contributed by atoms with van der Waals surface area (Å²) in [6.07, 6.45) is 2.44. The monoisotopic (exact) mass is 301 g/mol. The van der Waals surface area contributed by atoms with Crippen molar-refractivity contribution in [3.05, 3.63) is 46.7 Å². The van der Waals surface area contributed by atoms with Gasteiger partial charge in [0.2, 0.25) is 0 Å². The summed E-state index contributed by atoms with van der Waals surface area (Å²) in [5.41, 5.74) is 1.97. The number of phenols is 1. The Hall–Kier alpha value is -2.56. The maximum atomic E-state index is 12.6. The second-order valence-electron chi connectivity index (χ2n) is 5.06. The van der Waals surface area contributed by atoms with Crippen LogP contribution < -0.4 is 0 Å². The van der Waals surface area contributed by atoms with Crippen molar-refractivity contribution < 1.29 is 19.4 Å². The molecule has 1 heterocycles. The molecule has 5 nitrogen and oxygen atoms in total. The van der Waals surface area contributed by atoms with E-state index < -0.39 is 5.97 Å². The van der Waals surface area contributed by atoms with E-state index in [0.29, 0.717) is 23.4 Å². The van der Waals surface area contributed by atoms with Gasteiger partial charge in [-0.15, -0.1) is 0 Å². The summed E-state index contributed by atoms with van der Waals surface area (Å²) in [6.45, 7) is 4.27. The van der Waals surface area contributed by atoms with Crippen LogP contribution in [0.5, 0.6) is 5.75 Å². The zero-order valence-corrected chi connectivity index (χ0v) is 12.9. The van der Waals surface area contributed by atoms with Crippen molar-refractivity contribution in [3.63, 3.8) is 0 Å². The molecule has 0 unspecified atom stereocenters. The van der Waals surface area contributed by atoms with Gasteiger partial charge in [-0.25, -0.2) is 4.79 Å². The quantitative estimate of drug-likeness (QED) is 0.685. The van der Waals surface area contributed by atoms with E-state index in [4.69, 9.17) is 4.74 Å². The van der Waals surface area contributed by atoms with E-state index >= 15 is 0 Å². The van der Waals surface area contributed by atoms with Gasteiger partial charge in [-0.1, -0.05) is 19.1 Å². The molecule has 1 aromatic rings. The first kappa shape index (κ1) is 15.8. The minimum Gasteiger partial charge on any atom is -0.508 e. The van der Waals surface area contributed by atoms with Crippen molar-refractivity contribution in [2.75, 3.05) is 13.7 Å². The Kier molecular flexibility index (Phi) is 4.65. The van der Waals surface area contributed by atoms with Crippen LogP contribution in [0.3, 0.4) is 0 Å². The smallest absolute Gasteiger partial charge is 0.340 e. The van der Waals surface area contributed by atoms with Crippen molar-refractivity contribution in [2.24, 2.45) is 0 Å². The fraction of sp³-hybridized carbons (Fsp3) is 0.294. The van der Waals surface area contributed by atoms with Gasteiger partial charge < -0.3 is 14.7 Å². The molecule has 0 saturated heterocycles. The highest BCUT2D eigenvalue weighted by molar-refractivity contribution is 6.16. The normalized spacial score (nSPS) is 16.6. The molecule has 0 fully saturated rings. The van der Waals surface area contributed by atoms with Gasteiger partial charge in [0, 0.05) is 12.2 Å². The van der Waals surface area contributed by atoms with Gasteiger partial charge in [0.1, 0.15) is 5.75 Å². The van der Waals surface area contributed by atoms with Crippen molar-refractivity contribution in [1.82, 2.24) is 4.90 Å². The summed E-state index contributed by atoms with van der Waals surface area (Å²) in [6, 6.07) is 6.43. The Labute approximate surface area is 129 Å². The standard InChI is InChI=1S/C17H19NO4/c1-4-9-18-11(2)15(17(21)22-3)14(16(18)20)10-12-5-7-13(19)8-6-12/h5-8,10,19H,4,9H2,1-3H3/b14-10-. The summed E-state index contributed by atoms with van der Waals surface area (Å²) in [4.78, 5) is 26.2. The maximum absolute atomic E-state index is 12.6. The number of esters is 1. The van der Waals surface area contributed by atoms with Gasteiger partial charge in [0.25, 0.3) is 5.91 Å². The third kappa shape index (κ3) is 2.88. The average Bonchev–Trinajstić information content (AvgIpc) is 2.74. The Balaban J connectivity index is 2.49. The highest BCUT2D eigenvalue weighted by Crippen LogP contribution is 2.31. The molecule has 1 aliphatic rings. The van der Waals surface area contributed by atoms with E-state index in [-0.39, 0.29) is 11.7 Å². The number of hydrogen-bond donors (Lipinski definition) is 1. The molecule has 116 valence electrons. The first-order chi connectivity index (χ1) is 10.5. The average molecular weight is 301 g/mol. The molecule has 1 aliphatic heterocycles. The third-order valence-electron chi connectivity index (χ3n) is 3.55. The minimum absolute atomic E-state index is 0.146. The lowest BCUT2D eigenvalue weighted by molar-refractivity contribution is -0.136. The van der Waals surface area contributed by atoms with Crippen molar-refractivity contribution >= 4 is 18.0 Å². The van der Waals surface area contributed by atoms with Crippen LogP contribution in [0, 0.1) is 0 Å². The lowest BCUT2D eigenvalue weighted by atomic mass is 10.0. The summed E-state index contributed by atoms with van der Waals surface area (Å²) in [5.74, 6) is -0.574. The van der Waals surface area contributed by atoms with E-state index in [0.717, 1.165) is 12.0 Å². The SMILES string of the molecule is CCCN1C(=O)/C(=C\c2ccc(O)cc2)C(C(=O)OC)=C1C. The Bertz CT molecular complexity index is 656. The molecule has 2 rings (SSSR count). The number of phenolic OH excluding ortho intramolecular Hbond substituents is 1. The number of nitrogens with zero attached hydrogens (tertiary/aromatic N) is 1. The largest absolute Gasteiger partial charge is 0.508 e. The number of hydrogen-bond acceptors (Lipinski definition) is 4. The van der Waals surface area contributed by atoms with Gasteiger partial charge in [-0.05, 0) is 37.1 Å². The van der Waals surface area contributed by atoms with Crippen molar-refractivity contribution in [2.45, 2.75) is 20.3 Å². The topological polar surface area (TPSA) is 66.8 Å². The molecule has 22 heavy (non-hydrogen) atoms. The molecular formula is C17H19NO4. The van der Waals surface area contributed by atoms with Gasteiger partial charge in [-0.2, -0.15) is 0 Å². The zero-order valence-electron chi connectivity index (χ0n) is 12.9. The molecule has 1 aromatic carbocycles. The molecule has 0 saturated carbocycles. The second-order valence-corrected chi connectivity index (χ2v) is 5.06. The number of benzene rings is 1. The Morgan fingerprint density at radius 1 is 1.32 bits per heavy atom. The Morgan fingerprint density at radius 2 is 1.95 bits per heavy atom. The van der Waals surface area contributed by atoms with Crippen LogP contribution in [-0.4, -0.2) is 35.5 Å². The molecule has 1 N–H and O–H groups in total. The first-order valence-electron chi connectivity index (χ1n) is 7.11. The predicted molar refractivity (Wildman–Crippen MR) is 82.8 cm³/mol. The lowest BCUT2D eigenvalue weighted by Crippen LogP contribution is -2.25. The summed E-state index contributed by atoms with van der Waals surface area (Å²) in [5, 5.41) is 9.32. The van der Waals surface area contributed by atoms with E-state index in [2.05, 4.69) is 0 Å². The number of rotatable bonds is 4. The first-order valence-corrected chi connectivity index (χ1v) is 7.11. The number of amides is 1. The molecule has 1 amide bonds. The van der Waals surface area contributed by atoms with E-state index in [9.17, 15) is 14.7 Å². The third-order valence-corrected chi connectivity index (χ3v) is 3.55. The van der Waals surface area contributed by atoms with Crippen LogP contribution in [0.15, 0.2) is 41.1 Å². The Morgan fingerprint density at radius 3 is 2.50 bits per heavy atom. The molecule has 0 aromatic heterocycles. The number of carbonyl (C=O) groups excluding carboxylic acids is 2. The number of carbonyl (C=O) groups is 2. The molecule has 0 atom stereocenters. The highest BCUT2D eigenvalue weighted by Gasteiger charge is 2.36. The summed E-state index contributed by atoms with van der Waals surface area (Å²) in [7, 11) is 1.30. The van der Waals surface area contributed by atoms with Crippen LogP contribution in [-0.2, 0) is 14.3 Å². The van der Waals surface area contributed by atoms with Crippen molar-refractivity contribution in [3.8, 4) is 5.75 Å². The predicted octanol–water partition coefficient (Wildman–Crippen LogP) is 2.47. The van der Waals surface area contributed by atoms with Crippen LogP contribution in [0.2, 0.25) is 0 Å². The maximum Gasteiger partial charge on any atom is 0.340 e. The number of aromatic hydroxyl groups is 1. The van der Waals surface area contributed by atoms with Crippen LogP contribution in [0.1, 0.15) is 25.8 Å². The molecule has 0 bridgehead atoms. The van der Waals surface area contributed by atoms with Crippen LogP contribution in [0.25, 0.3) is 6.08 Å².